The van der Waals surface area contributed by atoms with E-state index in [1.165, 1.54) is 6.42 Å². The van der Waals surface area contributed by atoms with E-state index >= 15 is 0 Å². The van der Waals surface area contributed by atoms with Gasteiger partial charge in [0.05, 0.1) is 17.4 Å². The summed E-state index contributed by atoms with van der Waals surface area (Å²) in [4.78, 5) is 0. The van der Waals surface area contributed by atoms with Gasteiger partial charge in [0.1, 0.15) is 0 Å². The molecule has 20 heavy (non-hydrogen) atoms. The summed E-state index contributed by atoms with van der Waals surface area (Å²) in [7, 11) is 0. The number of nitrogens with one attached hydrogen (secondary N) is 1. The van der Waals surface area contributed by atoms with Crippen molar-refractivity contribution in [3.05, 3.63) is 48.3 Å². The van der Waals surface area contributed by atoms with Gasteiger partial charge in [-0.2, -0.15) is 5.10 Å². The Morgan fingerprint density at radius 1 is 1.10 bits per heavy atom. The molecule has 0 aliphatic heterocycles. The predicted molar refractivity (Wildman–Crippen MR) is 84.1 cm³/mol. The standard InChI is InChI=1S/C17H25N3/c1-4-18-16(11-10-14(2)3)17-12-13-20(19-17)15-8-6-5-7-9-15/h5-9,12-14,16,18H,4,10-11H2,1-3H3. The molecular weight excluding hydrogens is 246 g/mol. The van der Waals surface area contributed by atoms with E-state index < -0.39 is 0 Å². The lowest BCUT2D eigenvalue weighted by molar-refractivity contribution is 0.440. The molecule has 1 aromatic heterocycles. The number of rotatable bonds is 7. The second kappa shape index (κ2) is 7.25. The smallest absolute Gasteiger partial charge is 0.0798 e. The van der Waals surface area contributed by atoms with E-state index in [-0.39, 0.29) is 0 Å². The molecule has 3 nitrogen and oxygen atoms in total. The monoisotopic (exact) mass is 271 g/mol. The zero-order chi connectivity index (χ0) is 14.4. The van der Waals surface area contributed by atoms with E-state index in [4.69, 9.17) is 5.10 Å². The van der Waals surface area contributed by atoms with Gasteiger partial charge in [-0.3, -0.25) is 0 Å². The van der Waals surface area contributed by atoms with Crippen LogP contribution in [-0.2, 0) is 0 Å². The van der Waals surface area contributed by atoms with Crippen molar-refractivity contribution in [2.75, 3.05) is 6.54 Å². The van der Waals surface area contributed by atoms with Gasteiger partial charge in [0.2, 0.25) is 0 Å². The summed E-state index contributed by atoms with van der Waals surface area (Å²) in [6, 6.07) is 12.7. The van der Waals surface area contributed by atoms with Gasteiger partial charge in [-0.15, -0.1) is 0 Å². The Balaban J connectivity index is 2.12. The van der Waals surface area contributed by atoms with Gasteiger partial charge < -0.3 is 5.32 Å². The number of hydrogen-bond donors (Lipinski definition) is 1. The van der Waals surface area contributed by atoms with Crippen LogP contribution in [0.1, 0.15) is 45.3 Å². The molecule has 1 atom stereocenters. The molecule has 0 aliphatic rings. The number of aromatic nitrogens is 2. The van der Waals surface area contributed by atoms with E-state index in [2.05, 4.69) is 44.3 Å². The largest absolute Gasteiger partial charge is 0.309 e. The first-order chi connectivity index (χ1) is 9.70. The van der Waals surface area contributed by atoms with Crippen molar-refractivity contribution in [1.29, 1.82) is 0 Å². The van der Waals surface area contributed by atoms with E-state index in [0.717, 1.165) is 30.3 Å². The van der Waals surface area contributed by atoms with Crippen LogP contribution in [0.25, 0.3) is 5.69 Å². The first kappa shape index (κ1) is 14.8. The van der Waals surface area contributed by atoms with E-state index in [1.807, 2.05) is 29.1 Å². The Bertz CT molecular complexity index is 502. The predicted octanol–water partition coefficient (Wildman–Crippen LogP) is 3.96. The maximum absolute atomic E-state index is 4.73. The van der Waals surface area contributed by atoms with Crippen molar-refractivity contribution in [2.24, 2.45) is 5.92 Å². The molecule has 1 unspecified atom stereocenters. The highest BCUT2D eigenvalue weighted by Crippen LogP contribution is 2.20. The fourth-order valence-electron chi connectivity index (χ4n) is 2.35. The third kappa shape index (κ3) is 3.94. The molecule has 1 N–H and O–H groups in total. The molecule has 0 bridgehead atoms. The lowest BCUT2D eigenvalue weighted by atomic mass is 10.0. The summed E-state index contributed by atoms with van der Waals surface area (Å²) in [6.45, 7) is 7.66. The molecule has 1 heterocycles. The highest BCUT2D eigenvalue weighted by molar-refractivity contribution is 5.30. The van der Waals surface area contributed by atoms with Crippen LogP contribution < -0.4 is 5.32 Å². The summed E-state index contributed by atoms with van der Waals surface area (Å²) < 4.78 is 1.95. The summed E-state index contributed by atoms with van der Waals surface area (Å²) >= 11 is 0. The van der Waals surface area contributed by atoms with Gasteiger partial charge in [0.25, 0.3) is 0 Å². The van der Waals surface area contributed by atoms with Crippen LogP contribution >= 0.6 is 0 Å². The van der Waals surface area contributed by atoms with Gasteiger partial charge in [-0.05, 0) is 43.5 Å². The number of para-hydroxylation sites is 1. The van der Waals surface area contributed by atoms with Crippen LogP contribution in [0.2, 0.25) is 0 Å². The van der Waals surface area contributed by atoms with Gasteiger partial charge in [0, 0.05) is 6.20 Å². The summed E-state index contributed by atoms with van der Waals surface area (Å²) in [5, 5.41) is 8.27. The topological polar surface area (TPSA) is 29.9 Å². The van der Waals surface area contributed by atoms with Gasteiger partial charge in [-0.1, -0.05) is 39.0 Å². The molecule has 0 saturated carbocycles. The van der Waals surface area contributed by atoms with Crippen molar-refractivity contribution >= 4 is 0 Å². The van der Waals surface area contributed by atoms with Crippen molar-refractivity contribution in [3.8, 4) is 5.69 Å². The highest BCUT2D eigenvalue weighted by atomic mass is 15.3. The second-order valence-electron chi connectivity index (χ2n) is 5.60. The van der Waals surface area contributed by atoms with E-state index in [1.54, 1.807) is 0 Å². The lowest BCUT2D eigenvalue weighted by Crippen LogP contribution is -2.22. The molecule has 0 spiro atoms. The third-order valence-electron chi connectivity index (χ3n) is 3.47. The van der Waals surface area contributed by atoms with Crippen molar-refractivity contribution in [3.63, 3.8) is 0 Å². The quantitative estimate of drug-likeness (QED) is 0.826. The van der Waals surface area contributed by atoms with E-state index in [9.17, 15) is 0 Å². The molecule has 0 saturated heterocycles. The van der Waals surface area contributed by atoms with Gasteiger partial charge in [-0.25, -0.2) is 4.68 Å². The maximum atomic E-state index is 4.73. The Hall–Kier alpha value is -1.61. The number of hydrogen-bond acceptors (Lipinski definition) is 2. The third-order valence-corrected chi connectivity index (χ3v) is 3.47. The number of nitrogens with zero attached hydrogens (tertiary/aromatic N) is 2. The lowest BCUT2D eigenvalue weighted by Gasteiger charge is -2.16. The van der Waals surface area contributed by atoms with Crippen molar-refractivity contribution < 1.29 is 0 Å². The van der Waals surface area contributed by atoms with Crippen LogP contribution in [0.15, 0.2) is 42.6 Å². The first-order valence-electron chi connectivity index (χ1n) is 7.55. The summed E-state index contributed by atoms with van der Waals surface area (Å²) in [5.41, 5.74) is 2.24. The van der Waals surface area contributed by atoms with Gasteiger partial charge >= 0.3 is 0 Å². The minimum absolute atomic E-state index is 0.354. The Morgan fingerprint density at radius 2 is 1.85 bits per heavy atom. The van der Waals surface area contributed by atoms with Crippen LogP contribution in [0.4, 0.5) is 0 Å². The van der Waals surface area contributed by atoms with Crippen molar-refractivity contribution in [1.82, 2.24) is 15.1 Å². The molecule has 2 rings (SSSR count). The molecule has 2 aromatic rings. The molecule has 0 amide bonds. The molecule has 1 aromatic carbocycles. The van der Waals surface area contributed by atoms with Crippen LogP contribution in [-0.4, -0.2) is 16.3 Å². The Morgan fingerprint density at radius 3 is 2.50 bits per heavy atom. The fraction of sp³-hybridized carbons (Fsp3) is 0.471. The van der Waals surface area contributed by atoms with Gasteiger partial charge in [0.15, 0.2) is 0 Å². The summed E-state index contributed by atoms with van der Waals surface area (Å²) in [6.07, 6.45) is 4.40. The van der Waals surface area contributed by atoms with E-state index in [0.29, 0.717) is 6.04 Å². The average Bonchev–Trinajstić information content (AvgIpc) is 2.94. The fourth-order valence-corrected chi connectivity index (χ4v) is 2.35. The molecule has 3 heteroatoms. The zero-order valence-electron chi connectivity index (χ0n) is 12.7. The molecule has 0 radical (unpaired) electrons. The number of benzene rings is 1. The van der Waals surface area contributed by atoms with Crippen molar-refractivity contribution in [2.45, 2.75) is 39.7 Å². The Kier molecular flexibility index (Phi) is 5.36. The van der Waals surface area contributed by atoms with Crippen LogP contribution in [0.3, 0.4) is 0 Å². The molecule has 0 fully saturated rings. The zero-order valence-corrected chi connectivity index (χ0v) is 12.7. The highest BCUT2D eigenvalue weighted by Gasteiger charge is 2.14. The molecule has 108 valence electrons. The van der Waals surface area contributed by atoms with Crippen LogP contribution in [0, 0.1) is 5.92 Å². The SMILES string of the molecule is CCNC(CCC(C)C)c1ccn(-c2ccccc2)n1. The minimum atomic E-state index is 0.354. The first-order valence-corrected chi connectivity index (χ1v) is 7.55. The minimum Gasteiger partial charge on any atom is -0.309 e. The maximum Gasteiger partial charge on any atom is 0.0798 e. The molecular formula is C17H25N3. The molecule has 0 aliphatic carbocycles. The van der Waals surface area contributed by atoms with Crippen LogP contribution in [0.5, 0.6) is 0 Å². The normalized spacial score (nSPS) is 12.8. The second-order valence-corrected chi connectivity index (χ2v) is 5.60. The summed E-state index contributed by atoms with van der Waals surface area (Å²) in [5.74, 6) is 0.729. The Labute approximate surface area is 122 Å². The average molecular weight is 271 g/mol.